The first-order valence-electron chi connectivity index (χ1n) is 9.09. The maximum absolute atomic E-state index is 14.1. The van der Waals surface area contributed by atoms with Crippen molar-refractivity contribution in [2.75, 3.05) is 6.54 Å². The van der Waals surface area contributed by atoms with Gasteiger partial charge in [0.2, 0.25) is 0 Å². The monoisotopic (exact) mass is 372 g/mol. The Morgan fingerprint density at radius 1 is 1.19 bits per heavy atom. The Labute approximate surface area is 156 Å². The average Bonchev–Trinajstić information content (AvgIpc) is 3.00. The molecule has 0 spiro atoms. The summed E-state index contributed by atoms with van der Waals surface area (Å²) in [6.07, 6.45) is 3.28. The summed E-state index contributed by atoms with van der Waals surface area (Å²) in [4.78, 5) is 23.4. The smallest absolute Gasteiger partial charge is 0.257 e. The number of benzene rings is 1. The predicted octanol–water partition coefficient (Wildman–Crippen LogP) is 4.17. The lowest BCUT2D eigenvalue weighted by molar-refractivity contribution is 0.0732. The molecule has 27 heavy (non-hydrogen) atoms. The molecule has 0 saturated heterocycles. The Morgan fingerprint density at radius 3 is 2.74 bits per heavy atom. The van der Waals surface area contributed by atoms with E-state index in [-0.39, 0.29) is 12.1 Å². The van der Waals surface area contributed by atoms with E-state index in [2.05, 4.69) is 16.9 Å². The second-order valence-electron chi connectivity index (χ2n) is 6.38. The van der Waals surface area contributed by atoms with Crippen molar-refractivity contribution in [3.8, 4) is 0 Å². The summed E-state index contributed by atoms with van der Waals surface area (Å²) in [5, 5.41) is 0. The number of carbonyl (C=O) groups is 1. The molecular formula is C20H22F2N4O. The Morgan fingerprint density at radius 2 is 2.00 bits per heavy atom. The third kappa shape index (κ3) is 3.97. The van der Waals surface area contributed by atoms with Crippen LogP contribution in [0, 0.1) is 11.6 Å². The van der Waals surface area contributed by atoms with E-state index in [0.717, 1.165) is 35.8 Å². The van der Waals surface area contributed by atoms with Crippen molar-refractivity contribution in [1.29, 1.82) is 0 Å². The van der Waals surface area contributed by atoms with Crippen molar-refractivity contribution >= 4 is 17.1 Å². The summed E-state index contributed by atoms with van der Waals surface area (Å²) >= 11 is 0. The summed E-state index contributed by atoms with van der Waals surface area (Å²) in [5.74, 6) is -1.23. The molecule has 1 aromatic carbocycles. The van der Waals surface area contributed by atoms with E-state index in [1.807, 2.05) is 23.6 Å². The first kappa shape index (κ1) is 18.9. The highest BCUT2D eigenvalue weighted by Gasteiger charge is 2.22. The molecule has 0 atom stereocenters. The minimum atomic E-state index is -0.730. The number of fused-ring (bicyclic) bond motifs is 1. The molecule has 7 heteroatoms. The van der Waals surface area contributed by atoms with Gasteiger partial charge in [0.25, 0.3) is 5.91 Å². The van der Waals surface area contributed by atoms with Gasteiger partial charge in [-0.2, -0.15) is 0 Å². The van der Waals surface area contributed by atoms with Gasteiger partial charge in [0.15, 0.2) is 5.65 Å². The first-order chi connectivity index (χ1) is 13.0. The van der Waals surface area contributed by atoms with Gasteiger partial charge in [0.1, 0.15) is 23.0 Å². The average molecular weight is 372 g/mol. The molecular weight excluding hydrogens is 350 g/mol. The topological polar surface area (TPSA) is 51.0 Å². The van der Waals surface area contributed by atoms with Crippen molar-refractivity contribution in [2.45, 2.75) is 39.8 Å². The van der Waals surface area contributed by atoms with Crippen LogP contribution in [-0.4, -0.2) is 31.9 Å². The van der Waals surface area contributed by atoms with Gasteiger partial charge in [-0.3, -0.25) is 4.79 Å². The summed E-state index contributed by atoms with van der Waals surface area (Å²) in [5.41, 5.74) is 1.25. The lowest BCUT2D eigenvalue weighted by atomic mass is 10.1. The second-order valence-corrected chi connectivity index (χ2v) is 6.38. The summed E-state index contributed by atoms with van der Waals surface area (Å²) in [6, 6.07) is 6.60. The summed E-state index contributed by atoms with van der Waals surface area (Å²) < 4.78 is 29.6. The van der Waals surface area contributed by atoms with E-state index in [1.54, 1.807) is 6.20 Å². The van der Waals surface area contributed by atoms with Gasteiger partial charge in [-0.15, -0.1) is 0 Å². The molecule has 0 aliphatic carbocycles. The highest BCUT2D eigenvalue weighted by atomic mass is 19.1. The summed E-state index contributed by atoms with van der Waals surface area (Å²) in [6.45, 7) is 5.32. The van der Waals surface area contributed by atoms with Crippen LogP contribution in [0.5, 0.6) is 0 Å². The zero-order valence-electron chi connectivity index (χ0n) is 15.5. The molecule has 3 rings (SSSR count). The number of nitrogens with zero attached hydrogens (tertiary/aromatic N) is 4. The number of hydrogen-bond acceptors (Lipinski definition) is 3. The fraction of sp³-hybridized carbons (Fsp3) is 0.350. The fourth-order valence-corrected chi connectivity index (χ4v) is 3.11. The van der Waals surface area contributed by atoms with Crippen LogP contribution < -0.4 is 0 Å². The second kappa shape index (κ2) is 8.24. The molecule has 142 valence electrons. The zero-order chi connectivity index (χ0) is 19.4. The third-order valence-corrected chi connectivity index (χ3v) is 4.30. The highest BCUT2D eigenvalue weighted by Crippen LogP contribution is 2.19. The normalized spacial score (nSPS) is 11.1. The van der Waals surface area contributed by atoms with E-state index < -0.39 is 17.5 Å². The third-order valence-electron chi connectivity index (χ3n) is 4.30. The first-order valence-corrected chi connectivity index (χ1v) is 9.09. The van der Waals surface area contributed by atoms with Gasteiger partial charge in [-0.05, 0) is 43.2 Å². The minimum Gasteiger partial charge on any atom is -0.331 e. The van der Waals surface area contributed by atoms with E-state index in [4.69, 9.17) is 0 Å². The predicted molar refractivity (Wildman–Crippen MR) is 99.2 cm³/mol. The molecule has 0 bridgehead atoms. The molecule has 0 aliphatic heterocycles. The highest BCUT2D eigenvalue weighted by molar-refractivity contribution is 5.94. The maximum atomic E-state index is 14.1. The van der Waals surface area contributed by atoms with Crippen LogP contribution in [0.4, 0.5) is 8.78 Å². The Bertz CT molecular complexity index is 954. The molecule has 3 aromatic rings. The Hall–Kier alpha value is -2.83. The number of imidazole rings is 1. The van der Waals surface area contributed by atoms with Gasteiger partial charge < -0.3 is 9.47 Å². The van der Waals surface area contributed by atoms with Gasteiger partial charge in [0.05, 0.1) is 12.1 Å². The Balaban J connectivity index is 1.97. The van der Waals surface area contributed by atoms with E-state index in [9.17, 15) is 13.6 Å². The molecule has 5 nitrogen and oxygen atoms in total. The number of amides is 1. The van der Waals surface area contributed by atoms with Gasteiger partial charge in [-0.1, -0.05) is 13.8 Å². The van der Waals surface area contributed by atoms with Gasteiger partial charge in [0, 0.05) is 19.3 Å². The van der Waals surface area contributed by atoms with Crippen LogP contribution in [0.15, 0.2) is 36.5 Å². The van der Waals surface area contributed by atoms with Crippen molar-refractivity contribution < 1.29 is 13.6 Å². The quantitative estimate of drug-likeness (QED) is 0.625. The number of carbonyl (C=O) groups excluding carboxylic acids is 1. The minimum absolute atomic E-state index is 0.207. The van der Waals surface area contributed by atoms with Crippen molar-refractivity contribution in [3.63, 3.8) is 0 Å². The number of aryl methyl sites for hydroxylation is 1. The number of hydrogen-bond donors (Lipinski definition) is 0. The standard InChI is InChI=1S/C20H22F2N4O/c1-3-10-25(20(27)15-12-14(21)7-8-16(15)22)13-18-24-17-6-5-9-23-19(17)26(18)11-4-2/h5-9,12H,3-4,10-11,13H2,1-2H3. The SMILES string of the molecule is CCCN(Cc1nc2cccnc2n1CCC)C(=O)c1cc(F)ccc1F. The number of pyridine rings is 1. The molecule has 0 saturated carbocycles. The van der Waals surface area contributed by atoms with Crippen molar-refractivity contribution in [2.24, 2.45) is 0 Å². The van der Waals surface area contributed by atoms with Crippen LogP contribution in [-0.2, 0) is 13.1 Å². The fourth-order valence-electron chi connectivity index (χ4n) is 3.11. The van der Waals surface area contributed by atoms with E-state index in [1.165, 1.54) is 4.90 Å². The van der Waals surface area contributed by atoms with Crippen LogP contribution in [0.1, 0.15) is 42.9 Å². The number of aromatic nitrogens is 3. The molecule has 2 heterocycles. The molecule has 2 aromatic heterocycles. The van der Waals surface area contributed by atoms with Crippen LogP contribution in [0.2, 0.25) is 0 Å². The molecule has 0 aliphatic rings. The lowest BCUT2D eigenvalue weighted by Gasteiger charge is -2.22. The largest absolute Gasteiger partial charge is 0.331 e. The van der Waals surface area contributed by atoms with E-state index >= 15 is 0 Å². The molecule has 0 radical (unpaired) electrons. The van der Waals surface area contributed by atoms with Crippen LogP contribution >= 0.6 is 0 Å². The van der Waals surface area contributed by atoms with Crippen LogP contribution in [0.25, 0.3) is 11.2 Å². The molecule has 0 fully saturated rings. The van der Waals surface area contributed by atoms with Crippen LogP contribution in [0.3, 0.4) is 0 Å². The summed E-state index contributed by atoms with van der Waals surface area (Å²) in [7, 11) is 0. The van der Waals surface area contributed by atoms with Gasteiger partial charge in [-0.25, -0.2) is 18.7 Å². The number of halogens is 2. The zero-order valence-corrected chi connectivity index (χ0v) is 15.5. The molecule has 1 amide bonds. The van der Waals surface area contributed by atoms with Crippen molar-refractivity contribution in [3.05, 3.63) is 59.6 Å². The van der Waals surface area contributed by atoms with E-state index in [0.29, 0.717) is 25.3 Å². The molecule has 0 N–H and O–H groups in total. The maximum Gasteiger partial charge on any atom is 0.257 e. The Kier molecular flexibility index (Phi) is 5.78. The van der Waals surface area contributed by atoms with Gasteiger partial charge >= 0.3 is 0 Å². The number of rotatable bonds is 7. The lowest BCUT2D eigenvalue weighted by Crippen LogP contribution is -2.33. The van der Waals surface area contributed by atoms with Crippen molar-refractivity contribution in [1.82, 2.24) is 19.4 Å². The molecule has 0 unspecified atom stereocenters.